The first-order valence-electron chi connectivity index (χ1n) is 4.73. The van der Waals surface area contributed by atoms with Gasteiger partial charge in [-0.1, -0.05) is 40.7 Å². The predicted octanol–water partition coefficient (Wildman–Crippen LogP) is 2.15. The molecule has 0 atom stereocenters. The highest BCUT2D eigenvalue weighted by Crippen LogP contribution is 2.14. The van der Waals surface area contributed by atoms with Crippen LogP contribution in [-0.4, -0.2) is 20.6 Å². The Bertz CT molecular complexity index is 459. The van der Waals surface area contributed by atoms with Crippen molar-refractivity contribution < 1.29 is 4.52 Å². The highest BCUT2D eigenvalue weighted by Gasteiger charge is 1.96. The van der Waals surface area contributed by atoms with Crippen LogP contribution in [0.15, 0.2) is 59.6 Å². The summed E-state index contributed by atoms with van der Waals surface area (Å²) in [6.07, 6.45) is 4.81. The SMILES string of the molecule is c1c[nH]nn1.c1ccc(-c2ccon2)cc1. The summed E-state index contributed by atoms with van der Waals surface area (Å²) in [4.78, 5) is 0. The van der Waals surface area contributed by atoms with Gasteiger partial charge < -0.3 is 4.52 Å². The molecule has 0 aliphatic heterocycles. The van der Waals surface area contributed by atoms with Crippen molar-refractivity contribution in [2.45, 2.75) is 0 Å². The maximum absolute atomic E-state index is 4.72. The summed E-state index contributed by atoms with van der Waals surface area (Å²) in [5.74, 6) is 0. The Kier molecular flexibility index (Phi) is 3.44. The van der Waals surface area contributed by atoms with Crippen molar-refractivity contribution in [3.63, 3.8) is 0 Å². The van der Waals surface area contributed by atoms with E-state index in [0.717, 1.165) is 11.3 Å². The monoisotopic (exact) mass is 214 g/mol. The van der Waals surface area contributed by atoms with Gasteiger partial charge in [-0.25, -0.2) is 0 Å². The van der Waals surface area contributed by atoms with Gasteiger partial charge in [-0.15, -0.1) is 5.10 Å². The van der Waals surface area contributed by atoms with Crippen molar-refractivity contribution in [2.75, 3.05) is 0 Å². The molecule has 16 heavy (non-hydrogen) atoms. The molecular formula is C11H10N4O. The van der Waals surface area contributed by atoms with Crippen LogP contribution in [0.1, 0.15) is 0 Å². The Labute approximate surface area is 92.1 Å². The van der Waals surface area contributed by atoms with Crippen molar-refractivity contribution >= 4 is 0 Å². The minimum atomic E-state index is 0.880. The summed E-state index contributed by atoms with van der Waals surface area (Å²) in [5, 5.41) is 13.1. The number of hydrogen-bond acceptors (Lipinski definition) is 4. The second-order valence-electron chi connectivity index (χ2n) is 2.91. The third-order valence-corrected chi connectivity index (χ3v) is 1.84. The largest absolute Gasteiger partial charge is 0.364 e. The predicted molar refractivity (Wildman–Crippen MR) is 58.3 cm³/mol. The summed E-state index contributed by atoms with van der Waals surface area (Å²) in [7, 11) is 0. The van der Waals surface area contributed by atoms with Crippen LogP contribution < -0.4 is 0 Å². The average molecular weight is 214 g/mol. The lowest BCUT2D eigenvalue weighted by molar-refractivity contribution is 0.422. The highest BCUT2D eigenvalue weighted by molar-refractivity contribution is 5.57. The fourth-order valence-electron chi connectivity index (χ4n) is 1.14. The van der Waals surface area contributed by atoms with E-state index in [-0.39, 0.29) is 0 Å². The lowest BCUT2D eigenvalue weighted by Crippen LogP contribution is -1.73. The molecule has 0 bridgehead atoms. The topological polar surface area (TPSA) is 67.6 Å². The summed E-state index contributed by atoms with van der Waals surface area (Å²) in [6.45, 7) is 0. The Morgan fingerprint density at radius 2 is 1.94 bits per heavy atom. The first-order valence-corrected chi connectivity index (χ1v) is 4.73. The van der Waals surface area contributed by atoms with E-state index in [2.05, 4.69) is 20.6 Å². The Morgan fingerprint density at radius 3 is 2.44 bits per heavy atom. The van der Waals surface area contributed by atoms with Crippen LogP contribution in [0.2, 0.25) is 0 Å². The molecule has 3 rings (SSSR count). The van der Waals surface area contributed by atoms with Crippen molar-refractivity contribution in [3.8, 4) is 11.3 Å². The molecule has 1 N–H and O–H groups in total. The van der Waals surface area contributed by atoms with E-state index in [4.69, 9.17) is 4.52 Å². The Morgan fingerprint density at radius 1 is 1.06 bits per heavy atom. The molecule has 80 valence electrons. The summed E-state index contributed by atoms with van der Waals surface area (Å²) in [6, 6.07) is 11.8. The maximum Gasteiger partial charge on any atom is 0.124 e. The Balaban J connectivity index is 0.000000162. The number of nitrogens with zero attached hydrogens (tertiary/aromatic N) is 3. The first-order chi connectivity index (χ1) is 7.97. The van der Waals surface area contributed by atoms with Crippen molar-refractivity contribution in [1.82, 2.24) is 20.6 Å². The van der Waals surface area contributed by atoms with Crippen LogP contribution >= 0.6 is 0 Å². The molecule has 5 heteroatoms. The fourth-order valence-corrected chi connectivity index (χ4v) is 1.14. The molecule has 0 saturated carbocycles. The number of nitrogens with one attached hydrogen (secondary N) is 1. The van der Waals surface area contributed by atoms with Gasteiger partial charge in [-0.2, -0.15) is 0 Å². The van der Waals surface area contributed by atoms with Gasteiger partial charge in [0, 0.05) is 17.8 Å². The summed E-state index contributed by atoms with van der Waals surface area (Å²) >= 11 is 0. The van der Waals surface area contributed by atoms with E-state index in [1.165, 1.54) is 0 Å². The molecule has 2 heterocycles. The average Bonchev–Trinajstić information content (AvgIpc) is 3.07. The lowest BCUT2D eigenvalue weighted by Gasteiger charge is -1.90. The molecule has 2 aromatic heterocycles. The second-order valence-corrected chi connectivity index (χ2v) is 2.91. The van der Waals surface area contributed by atoms with Crippen molar-refractivity contribution in [1.29, 1.82) is 0 Å². The molecule has 5 nitrogen and oxygen atoms in total. The standard InChI is InChI=1S/C9H7NO.C2H3N3/c1-2-4-8(5-3-1)9-6-7-11-10-9;1-2-4-5-3-1/h1-7H;1-2H,(H,3,4,5). The number of H-pyrrole nitrogens is 1. The molecule has 0 radical (unpaired) electrons. The van der Waals surface area contributed by atoms with Gasteiger partial charge in [0.05, 0.1) is 6.20 Å². The molecule has 3 aromatic rings. The Hall–Kier alpha value is -2.43. The second kappa shape index (κ2) is 5.45. The zero-order chi connectivity index (χ0) is 11.1. The third kappa shape index (κ3) is 2.78. The van der Waals surface area contributed by atoms with Gasteiger partial charge in [0.2, 0.25) is 0 Å². The summed E-state index contributed by atoms with van der Waals surface area (Å²) in [5.41, 5.74) is 1.96. The molecule has 0 unspecified atom stereocenters. The molecule has 0 saturated heterocycles. The van der Waals surface area contributed by atoms with Gasteiger partial charge in [-0.05, 0) is 0 Å². The van der Waals surface area contributed by atoms with E-state index >= 15 is 0 Å². The van der Waals surface area contributed by atoms with E-state index in [0.29, 0.717) is 0 Å². The van der Waals surface area contributed by atoms with Crippen LogP contribution in [0.25, 0.3) is 11.3 Å². The molecule has 1 aromatic carbocycles. The number of hydrogen-bond donors (Lipinski definition) is 1. The number of aromatic nitrogens is 4. The van der Waals surface area contributed by atoms with Crippen LogP contribution in [0, 0.1) is 0 Å². The van der Waals surface area contributed by atoms with Crippen LogP contribution in [0.5, 0.6) is 0 Å². The van der Waals surface area contributed by atoms with Gasteiger partial charge in [0.25, 0.3) is 0 Å². The van der Waals surface area contributed by atoms with Crippen LogP contribution in [0.3, 0.4) is 0 Å². The van der Waals surface area contributed by atoms with Gasteiger partial charge in [-0.3, -0.25) is 5.10 Å². The molecule has 0 spiro atoms. The molecular weight excluding hydrogens is 204 g/mol. The van der Waals surface area contributed by atoms with E-state index in [1.54, 1.807) is 18.7 Å². The zero-order valence-corrected chi connectivity index (χ0v) is 8.45. The van der Waals surface area contributed by atoms with Crippen LogP contribution in [-0.2, 0) is 0 Å². The first kappa shape index (κ1) is 10.1. The van der Waals surface area contributed by atoms with Crippen LogP contribution in [0.4, 0.5) is 0 Å². The van der Waals surface area contributed by atoms with E-state index in [9.17, 15) is 0 Å². The lowest BCUT2D eigenvalue weighted by atomic mass is 10.2. The summed E-state index contributed by atoms with van der Waals surface area (Å²) < 4.78 is 4.72. The number of rotatable bonds is 1. The molecule has 0 amide bonds. The normalized spacial score (nSPS) is 9.25. The quantitative estimate of drug-likeness (QED) is 0.673. The number of aromatic amines is 1. The van der Waals surface area contributed by atoms with Crippen molar-refractivity contribution in [2.24, 2.45) is 0 Å². The third-order valence-electron chi connectivity index (χ3n) is 1.84. The smallest absolute Gasteiger partial charge is 0.124 e. The van der Waals surface area contributed by atoms with Gasteiger partial charge in [0.15, 0.2) is 0 Å². The minimum Gasteiger partial charge on any atom is -0.364 e. The van der Waals surface area contributed by atoms with E-state index < -0.39 is 0 Å². The van der Waals surface area contributed by atoms with E-state index in [1.807, 2.05) is 36.4 Å². The van der Waals surface area contributed by atoms with Crippen molar-refractivity contribution in [3.05, 3.63) is 55.1 Å². The van der Waals surface area contributed by atoms with Gasteiger partial charge >= 0.3 is 0 Å². The van der Waals surface area contributed by atoms with Gasteiger partial charge in [0.1, 0.15) is 12.0 Å². The zero-order valence-electron chi connectivity index (χ0n) is 8.45. The molecule has 0 fully saturated rings. The number of benzene rings is 1. The molecule has 0 aliphatic rings. The fraction of sp³-hybridized carbons (Fsp3) is 0. The minimum absolute atomic E-state index is 0.880. The molecule has 0 aliphatic carbocycles. The highest BCUT2D eigenvalue weighted by atomic mass is 16.5. The maximum atomic E-state index is 4.72.